The Morgan fingerprint density at radius 2 is 2.10 bits per heavy atom. The summed E-state index contributed by atoms with van der Waals surface area (Å²) in [4.78, 5) is 15.6. The highest BCUT2D eigenvalue weighted by Gasteiger charge is 2.14. The normalized spacial score (nSPS) is 19.7. The first-order valence-corrected chi connectivity index (χ1v) is 6.79. The molecule has 0 bridgehead atoms. The van der Waals surface area contributed by atoms with Crippen LogP contribution in [0, 0.1) is 0 Å². The number of ether oxygens (including phenoxy) is 1. The molecule has 5 nitrogen and oxygen atoms in total. The van der Waals surface area contributed by atoms with E-state index in [1.807, 2.05) is 0 Å². The first kappa shape index (κ1) is 21.8. The van der Waals surface area contributed by atoms with Gasteiger partial charge in [0.1, 0.15) is 6.04 Å². The van der Waals surface area contributed by atoms with Crippen LogP contribution in [0.3, 0.4) is 0 Å². The lowest BCUT2D eigenvalue weighted by Crippen LogP contribution is -2.31. The van der Waals surface area contributed by atoms with E-state index in [0.29, 0.717) is 12.5 Å². The number of halogens is 2. The Morgan fingerprint density at radius 1 is 1.40 bits per heavy atom. The second-order valence-electron chi connectivity index (χ2n) is 4.93. The Morgan fingerprint density at radius 3 is 2.75 bits per heavy atom. The number of hydrogen-bond donors (Lipinski definition) is 2. The zero-order chi connectivity index (χ0) is 13.4. The van der Waals surface area contributed by atoms with Crippen LogP contribution in [0.4, 0.5) is 0 Å². The molecule has 4 N–H and O–H groups in total. The smallest absolute Gasteiger partial charge is 0.322 e. The summed E-state index contributed by atoms with van der Waals surface area (Å²) in [5, 5.41) is 0. The van der Waals surface area contributed by atoms with Crippen molar-refractivity contribution in [3.8, 4) is 0 Å². The molecular formula is C13H27Cl2N3O2. The Balaban J connectivity index is 0. The molecular weight excluding hydrogens is 301 g/mol. The van der Waals surface area contributed by atoms with E-state index < -0.39 is 6.04 Å². The van der Waals surface area contributed by atoms with Crippen LogP contribution in [-0.4, -0.2) is 31.0 Å². The van der Waals surface area contributed by atoms with Crippen LogP contribution in [0.25, 0.3) is 0 Å². The standard InChI is InChI=1S/C13H25N3O2.2ClH/c1-18-13(17)11(14)8-4-2-6-10-7-3-5-9-12(15)16-10;;/h10-11H,2-9,14H2,1H3,(H2,15,16);2*1H/t10-,11+;;/m1../s1. The molecule has 0 unspecified atom stereocenters. The molecule has 0 saturated carbocycles. The Bertz CT molecular complexity index is 301. The van der Waals surface area contributed by atoms with Crippen molar-refractivity contribution in [3.63, 3.8) is 0 Å². The van der Waals surface area contributed by atoms with E-state index in [-0.39, 0.29) is 30.8 Å². The molecule has 0 fully saturated rings. The number of carbonyl (C=O) groups excluding carboxylic acids is 1. The average Bonchev–Trinajstić information content (AvgIpc) is 2.57. The van der Waals surface area contributed by atoms with Gasteiger partial charge in [0.2, 0.25) is 0 Å². The van der Waals surface area contributed by atoms with Gasteiger partial charge in [-0.15, -0.1) is 24.8 Å². The molecule has 0 spiro atoms. The summed E-state index contributed by atoms with van der Waals surface area (Å²) in [7, 11) is 1.37. The molecule has 0 aliphatic carbocycles. The molecule has 2 atom stereocenters. The maximum absolute atomic E-state index is 11.1. The highest BCUT2D eigenvalue weighted by molar-refractivity contribution is 5.85. The fraction of sp³-hybridized carbons (Fsp3) is 0.846. The van der Waals surface area contributed by atoms with Crippen molar-refractivity contribution >= 4 is 36.6 Å². The summed E-state index contributed by atoms with van der Waals surface area (Å²) in [6.07, 6.45) is 8.10. The number of esters is 1. The summed E-state index contributed by atoms with van der Waals surface area (Å²) in [6, 6.07) is -0.125. The minimum absolute atomic E-state index is 0. The van der Waals surface area contributed by atoms with Crippen molar-refractivity contribution in [1.82, 2.24) is 0 Å². The number of amidine groups is 1. The van der Waals surface area contributed by atoms with E-state index in [0.717, 1.165) is 44.4 Å². The maximum Gasteiger partial charge on any atom is 0.322 e. The SMILES string of the molecule is COC(=O)[C@@H](N)CCCC[C@@H]1CCCCC(N)=N1.Cl.Cl. The number of nitrogens with zero attached hydrogens (tertiary/aromatic N) is 1. The summed E-state index contributed by atoms with van der Waals surface area (Å²) < 4.78 is 4.59. The summed E-state index contributed by atoms with van der Waals surface area (Å²) in [5.41, 5.74) is 11.5. The van der Waals surface area contributed by atoms with Crippen molar-refractivity contribution in [2.45, 2.75) is 63.5 Å². The molecule has 0 aromatic rings. The highest BCUT2D eigenvalue weighted by atomic mass is 35.5. The first-order valence-electron chi connectivity index (χ1n) is 6.79. The van der Waals surface area contributed by atoms with Gasteiger partial charge in [0.25, 0.3) is 0 Å². The molecule has 0 aromatic carbocycles. The fourth-order valence-electron chi connectivity index (χ4n) is 2.27. The maximum atomic E-state index is 11.1. The van der Waals surface area contributed by atoms with Crippen molar-refractivity contribution in [2.24, 2.45) is 16.5 Å². The predicted octanol–water partition coefficient (Wildman–Crippen LogP) is 2.19. The Kier molecular flexibility index (Phi) is 13.3. The minimum Gasteiger partial charge on any atom is -0.468 e. The largest absolute Gasteiger partial charge is 0.468 e. The monoisotopic (exact) mass is 327 g/mol. The van der Waals surface area contributed by atoms with Crippen molar-refractivity contribution in [1.29, 1.82) is 0 Å². The molecule has 0 amide bonds. The predicted molar refractivity (Wildman–Crippen MR) is 86.8 cm³/mol. The van der Waals surface area contributed by atoms with E-state index in [9.17, 15) is 4.79 Å². The van der Waals surface area contributed by atoms with E-state index in [4.69, 9.17) is 11.5 Å². The van der Waals surface area contributed by atoms with E-state index >= 15 is 0 Å². The van der Waals surface area contributed by atoms with Gasteiger partial charge in [0.15, 0.2) is 0 Å². The van der Waals surface area contributed by atoms with Crippen molar-refractivity contribution in [2.75, 3.05) is 7.11 Å². The molecule has 7 heteroatoms. The van der Waals surface area contributed by atoms with Gasteiger partial charge in [-0.2, -0.15) is 0 Å². The van der Waals surface area contributed by atoms with Crippen LogP contribution >= 0.6 is 24.8 Å². The van der Waals surface area contributed by atoms with Gasteiger partial charge < -0.3 is 16.2 Å². The molecule has 0 radical (unpaired) electrons. The zero-order valence-corrected chi connectivity index (χ0v) is 13.7. The summed E-state index contributed by atoms with van der Waals surface area (Å²) >= 11 is 0. The first-order chi connectivity index (χ1) is 8.63. The van der Waals surface area contributed by atoms with E-state index in [1.165, 1.54) is 13.5 Å². The van der Waals surface area contributed by atoms with Gasteiger partial charge in [-0.25, -0.2) is 0 Å². The number of methoxy groups -OCH3 is 1. The number of nitrogens with two attached hydrogens (primary N) is 2. The number of carbonyl (C=O) groups is 1. The van der Waals surface area contributed by atoms with Gasteiger partial charge >= 0.3 is 5.97 Å². The topological polar surface area (TPSA) is 90.7 Å². The van der Waals surface area contributed by atoms with Gasteiger partial charge in [0.05, 0.1) is 19.0 Å². The van der Waals surface area contributed by atoms with Gasteiger partial charge in [-0.3, -0.25) is 9.79 Å². The second-order valence-corrected chi connectivity index (χ2v) is 4.93. The van der Waals surface area contributed by atoms with Crippen molar-refractivity contribution in [3.05, 3.63) is 0 Å². The quantitative estimate of drug-likeness (QED) is 0.577. The second kappa shape index (κ2) is 12.2. The average molecular weight is 328 g/mol. The van der Waals surface area contributed by atoms with Gasteiger partial charge in [0, 0.05) is 6.42 Å². The highest BCUT2D eigenvalue weighted by Crippen LogP contribution is 2.17. The zero-order valence-electron chi connectivity index (χ0n) is 12.0. The van der Waals surface area contributed by atoms with Crippen LogP contribution in [-0.2, 0) is 9.53 Å². The summed E-state index contributed by atoms with van der Waals surface area (Å²) in [5.74, 6) is 0.468. The van der Waals surface area contributed by atoms with Crippen LogP contribution in [0.2, 0.25) is 0 Å². The lowest BCUT2D eigenvalue weighted by molar-refractivity contribution is -0.142. The number of rotatable bonds is 6. The number of hydrogen-bond acceptors (Lipinski definition) is 5. The van der Waals surface area contributed by atoms with Crippen LogP contribution in [0.1, 0.15) is 51.4 Å². The van der Waals surface area contributed by atoms with Crippen LogP contribution in [0.15, 0.2) is 4.99 Å². The number of unbranched alkanes of at least 4 members (excludes halogenated alkanes) is 1. The molecule has 1 aliphatic heterocycles. The molecule has 120 valence electrons. The van der Waals surface area contributed by atoms with E-state index in [1.54, 1.807) is 0 Å². The lowest BCUT2D eigenvalue weighted by atomic mass is 10.0. The molecule has 1 aliphatic rings. The lowest BCUT2D eigenvalue weighted by Gasteiger charge is -2.12. The molecule has 1 rings (SSSR count). The Labute approximate surface area is 133 Å². The molecule has 1 heterocycles. The summed E-state index contributed by atoms with van der Waals surface area (Å²) in [6.45, 7) is 0. The van der Waals surface area contributed by atoms with Gasteiger partial charge in [-0.05, 0) is 25.7 Å². The third-order valence-corrected chi connectivity index (χ3v) is 3.38. The molecule has 20 heavy (non-hydrogen) atoms. The third-order valence-electron chi connectivity index (χ3n) is 3.38. The number of aliphatic imine (C=N–C) groups is 1. The molecule has 0 saturated heterocycles. The fourth-order valence-corrected chi connectivity index (χ4v) is 2.27. The third kappa shape index (κ3) is 8.61. The molecule has 0 aromatic heterocycles. The minimum atomic E-state index is -0.488. The van der Waals surface area contributed by atoms with E-state index in [2.05, 4.69) is 9.73 Å². The Hall–Kier alpha value is -0.520. The van der Waals surface area contributed by atoms with Crippen molar-refractivity contribution < 1.29 is 9.53 Å². The van der Waals surface area contributed by atoms with Crippen LogP contribution < -0.4 is 11.5 Å². The van der Waals surface area contributed by atoms with Crippen LogP contribution in [0.5, 0.6) is 0 Å². The van der Waals surface area contributed by atoms with Gasteiger partial charge in [-0.1, -0.05) is 19.3 Å².